The van der Waals surface area contributed by atoms with E-state index in [-0.39, 0.29) is 5.97 Å². The van der Waals surface area contributed by atoms with Crippen LogP contribution in [0, 0.1) is 0 Å². The molecule has 0 aromatic carbocycles. The van der Waals surface area contributed by atoms with E-state index in [9.17, 15) is 4.79 Å². The van der Waals surface area contributed by atoms with E-state index in [1.54, 1.807) is 12.3 Å². The van der Waals surface area contributed by atoms with Crippen molar-refractivity contribution in [1.82, 2.24) is 4.98 Å². The van der Waals surface area contributed by atoms with Crippen molar-refractivity contribution >= 4 is 23.4 Å². The predicted molar refractivity (Wildman–Crippen MR) is 56.0 cm³/mol. The molecule has 2 N–H and O–H groups in total. The zero-order chi connectivity index (χ0) is 10.4. The van der Waals surface area contributed by atoms with Crippen LogP contribution in [0.5, 0.6) is 0 Å². The average Bonchev–Trinajstić information content (AvgIpc) is 2.21. The predicted octanol–water partition coefficient (Wildman–Crippen LogP) is 1.32. The molecule has 0 spiro atoms. The van der Waals surface area contributed by atoms with Crippen LogP contribution in [0.3, 0.4) is 0 Å². The lowest BCUT2D eigenvalue weighted by Crippen LogP contribution is -2.01. The van der Waals surface area contributed by atoms with Gasteiger partial charge in [0.2, 0.25) is 0 Å². The number of esters is 1. The Balaban J connectivity index is 2.31. The molecule has 0 aliphatic heterocycles. The van der Waals surface area contributed by atoms with Gasteiger partial charge in [0.25, 0.3) is 0 Å². The number of thioether (sulfide) groups is 1. The summed E-state index contributed by atoms with van der Waals surface area (Å²) in [5, 5.41) is 0.864. The number of ether oxygens (including phenoxy) is 1. The van der Waals surface area contributed by atoms with Gasteiger partial charge in [0, 0.05) is 5.75 Å². The summed E-state index contributed by atoms with van der Waals surface area (Å²) in [4.78, 5) is 14.9. The number of methoxy groups -OCH3 is 1. The monoisotopic (exact) mass is 212 g/mol. The summed E-state index contributed by atoms with van der Waals surface area (Å²) in [7, 11) is 1.38. The zero-order valence-corrected chi connectivity index (χ0v) is 8.71. The van der Waals surface area contributed by atoms with E-state index in [0.717, 1.165) is 5.03 Å². The number of anilines is 1. The maximum Gasteiger partial charge on any atom is 0.306 e. The number of aromatic nitrogens is 1. The summed E-state index contributed by atoms with van der Waals surface area (Å²) in [6.45, 7) is 0. The fraction of sp³-hybridized carbons (Fsp3) is 0.333. The Bertz CT molecular complexity index is 300. The molecular weight excluding hydrogens is 200 g/mol. The molecule has 76 valence electrons. The average molecular weight is 212 g/mol. The second-order valence-corrected chi connectivity index (χ2v) is 3.72. The minimum atomic E-state index is -0.201. The molecule has 0 saturated carbocycles. The molecule has 5 heteroatoms. The lowest BCUT2D eigenvalue weighted by Gasteiger charge is -2.00. The van der Waals surface area contributed by atoms with Gasteiger partial charge in [-0.15, -0.1) is 11.8 Å². The summed E-state index contributed by atoms with van der Waals surface area (Å²) >= 11 is 1.51. The van der Waals surface area contributed by atoms with Crippen LogP contribution in [-0.4, -0.2) is 23.8 Å². The minimum Gasteiger partial charge on any atom is -0.469 e. The largest absolute Gasteiger partial charge is 0.469 e. The third-order valence-corrected chi connectivity index (χ3v) is 2.49. The maximum absolute atomic E-state index is 10.8. The minimum absolute atomic E-state index is 0.201. The smallest absolute Gasteiger partial charge is 0.306 e. The van der Waals surface area contributed by atoms with Crippen LogP contribution in [-0.2, 0) is 9.53 Å². The van der Waals surface area contributed by atoms with Crippen LogP contribution in [0.2, 0.25) is 0 Å². The van der Waals surface area contributed by atoms with E-state index in [2.05, 4.69) is 9.72 Å². The highest BCUT2D eigenvalue weighted by atomic mass is 32.2. The van der Waals surface area contributed by atoms with Crippen molar-refractivity contribution in [3.8, 4) is 0 Å². The van der Waals surface area contributed by atoms with Crippen molar-refractivity contribution in [3.63, 3.8) is 0 Å². The van der Waals surface area contributed by atoms with Gasteiger partial charge < -0.3 is 10.5 Å². The number of nitrogens with two attached hydrogens (primary N) is 1. The van der Waals surface area contributed by atoms with Gasteiger partial charge in [-0.2, -0.15) is 0 Å². The van der Waals surface area contributed by atoms with Gasteiger partial charge in [0.15, 0.2) is 0 Å². The van der Waals surface area contributed by atoms with Crippen LogP contribution < -0.4 is 5.73 Å². The molecule has 1 rings (SSSR count). The van der Waals surface area contributed by atoms with Gasteiger partial charge in [-0.05, 0) is 12.1 Å². The third kappa shape index (κ3) is 3.66. The van der Waals surface area contributed by atoms with Gasteiger partial charge in [0.1, 0.15) is 0 Å². The van der Waals surface area contributed by atoms with Gasteiger partial charge >= 0.3 is 5.97 Å². The first-order chi connectivity index (χ1) is 6.72. The fourth-order valence-electron chi connectivity index (χ4n) is 0.818. The first-order valence-corrected chi connectivity index (χ1v) is 5.12. The molecule has 4 nitrogen and oxygen atoms in total. The van der Waals surface area contributed by atoms with Gasteiger partial charge in [-0.3, -0.25) is 4.79 Å². The molecule has 0 aliphatic carbocycles. The van der Waals surface area contributed by atoms with Crippen LogP contribution in [0.1, 0.15) is 6.42 Å². The first-order valence-electron chi connectivity index (χ1n) is 4.13. The molecule has 0 saturated heterocycles. The Morgan fingerprint density at radius 2 is 2.43 bits per heavy atom. The summed E-state index contributed by atoms with van der Waals surface area (Å²) in [6, 6.07) is 3.62. The summed E-state index contributed by atoms with van der Waals surface area (Å²) in [5.74, 6) is 0.469. The van der Waals surface area contributed by atoms with Crippen molar-refractivity contribution in [2.24, 2.45) is 0 Å². The summed E-state index contributed by atoms with van der Waals surface area (Å²) in [5.41, 5.74) is 6.12. The van der Waals surface area contributed by atoms with Crippen molar-refractivity contribution in [2.45, 2.75) is 11.4 Å². The zero-order valence-electron chi connectivity index (χ0n) is 7.90. The topological polar surface area (TPSA) is 65.2 Å². The second-order valence-electron chi connectivity index (χ2n) is 2.60. The quantitative estimate of drug-likeness (QED) is 0.602. The van der Waals surface area contributed by atoms with E-state index in [1.807, 2.05) is 6.07 Å². The normalized spacial score (nSPS) is 9.79. The van der Waals surface area contributed by atoms with Crippen molar-refractivity contribution < 1.29 is 9.53 Å². The number of nitrogens with zero attached hydrogens (tertiary/aromatic N) is 1. The molecule has 0 aliphatic rings. The lowest BCUT2D eigenvalue weighted by atomic mass is 10.4. The Labute approximate surface area is 86.8 Å². The SMILES string of the molecule is COC(=O)CCSc1ccc(N)cn1. The number of rotatable bonds is 4. The number of hydrogen-bond donors (Lipinski definition) is 1. The van der Waals surface area contributed by atoms with Crippen molar-refractivity contribution in [2.75, 3.05) is 18.6 Å². The highest BCUT2D eigenvalue weighted by molar-refractivity contribution is 7.99. The summed E-state index contributed by atoms with van der Waals surface area (Å²) < 4.78 is 4.51. The number of hydrogen-bond acceptors (Lipinski definition) is 5. The number of carbonyl (C=O) groups excluding carboxylic acids is 1. The van der Waals surface area contributed by atoms with E-state index >= 15 is 0 Å². The van der Waals surface area contributed by atoms with Crippen molar-refractivity contribution in [3.05, 3.63) is 18.3 Å². The molecule has 14 heavy (non-hydrogen) atoms. The van der Waals surface area contributed by atoms with E-state index in [4.69, 9.17) is 5.73 Å². The molecular formula is C9H12N2O2S. The van der Waals surface area contributed by atoms with Crippen LogP contribution >= 0.6 is 11.8 Å². The van der Waals surface area contributed by atoms with Crippen LogP contribution in [0.4, 0.5) is 5.69 Å². The third-order valence-electron chi connectivity index (χ3n) is 1.54. The van der Waals surface area contributed by atoms with Crippen LogP contribution in [0.25, 0.3) is 0 Å². The Hall–Kier alpha value is -1.23. The molecule has 0 radical (unpaired) electrons. The standard InChI is InChI=1S/C9H12N2O2S/c1-13-9(12)4-5-14-8-3-2-7(10)6-11-8/h2-3,6H,4-5,10H2,1H3. The van der Waals surface area contributed by atoms with Crippen LogP contribution in [0.15, 0.2) is 23.4 Å². The number of pyridine rings is 1. The van der Waals surface area contributed by atoms with E-state index < -0.39 is 0 Å². The molecule has 1 heterocycles. The number of carbonyl (C=O) groups is 1. The van der Waals surface area contributed by atoms with Gasteiger partial charge in [-0.25, -0.2) is 4.98 Å². The highest BCUT2D eigenvalue weighted by Crippen LogP contribution is 2.16. The molecule has 0 amide bonds. The molecule has 1 aromatic heterocycles. The summed E-state index contributed by atoms with van der Waals surface area (Å²) in [6.07, 6.45) is 1.99. The Kier molecular flexibility index (Phi) is 4.25. The van der Waals surface area contributed by atoms with Gasteiger partial charge in [0.05, 0.1) is 30.4 Å². The van der Waals surface area contributed by atoms with E-state index in [0.29, 0.717) is 17.9 Å². The molecule has 0 fully saturated rings. The molecule has 1 aromatic rings. The molecule has 0 bridgehead atoms. The highest BCUT2D eigenvalue weighted by Gasteiger charge is 2.01. The second kappa shape index (κ2) is 5.49. The first kappa shape index (κ1) is 10.8. The molecule has 0 unspecified atom stereocenters. The Morgan fingerprint density at radius 3 is 3.00 bits per heavy atom. The Morgan fingerprint density at radius 1 is 1.64 bits per heavy atom. The van der Waals surface area contributed by atoms with Crippen molar-refractivity contribution in [1.29, 1.82) is 0 Å². The van der Waals surface area contributed by atoms with Gasteiger partial charge in [-0.1, -0.05) is 0 Å². The lowest BCUT2D eigenvalue weighted by molar-refractivity contribution is -0.140. The fourth-order valence-corrected chi connectivity index (χ4v) is 1.59. The maximum atomic E-state index is 10.8. The number of nitrogen functional groups attached to an aromatic ring is 1. The molecule has 0 atom stereocenters. The van der Waals surface area contributed by atoms with E-state index in [1.165, 1.54) is 18.9 Å².